The molecule has 11 heteroatoms. The van der Waals surface area contributed by atoms with Crippen molar-refractivity contribution in [3.63, 3.8) is 0 Å². The molecule has 1 aromatic heterocycles. The maximum Gasteiger partial charge on any atom is 0.341 e. The summed E-state index contributed by atoms with van der Waals surface area (Å²) in [6.07, 6.45) is 1.81. The van der Waals surface area contributed by atoms with E-state index in [2.05, 4.69) is 10.3 Å². The highest BCUT2D eigenvalue weighted by atomic mass is 32.2. The van der Waals surface area contributed by atoms with Crippen LogP contribution in [-0.2, 0) is 33.0 Å². The van der Waals surface area contributed by atoms with E-state index < -0.39 is 33.7 Å². The molecule has 0 fully saturated rings. The van der Waals surface area contributed by atoms with Gasteiger partial charge in [0.25, 0.3) is 0 Å². The third kappa shape index (κ3) is 6.39. The van der Waals surface area contributed by atoms with E-state index in [1.807, 2.05) is 39.8 Å². The number of nitrogens with zero attached hydrogens (tertiary/aromatic N) is 2. The fourth-order valence-electron chi connectivity index (χ4n) is 3.87. The lowest BCUT2D eigenvalue weighted by Gasteiger charge is -2.26. The van der Waals surface area contributed by atoms with Gasteiger partial charge in [-0.05, 0) is 30.0 Å². The number of hydrogen-bond donors (Lipinski definition) is 3. The van der Waals surface area contributed by atoms with E-state index in [1.54, 1.807) is 11.0 Å². The first-order valence-electron chi connectivity index (χ1n) is 11.5. The number of carbonyl (C=O) groups is 2. The molecule has 0 saturated heterocycles. The minimum Gasteiger partial charge on any atom is -0.479 e. The highest BCUT2D eigenvalue weighted by Crippen LogP contribution is 2.39. The molecule has 1 aromatic carbocycles. The van der Waals surface area contributed by atoms with Gasteiger partial charge in [0, 0.05) is 35.2 Å². The van der Waals surface area contributed by atoms with E-state index in [9.17, 15) is 18.0 Å². The van der Waals surface area contributed by atoms with Crippen molar-refractivity contribution in [2.24, 2.45) is 0 Å². The molecule has 0 unspecified atom stereocenters. The van der Waals surface area contributed by atoms with Crippen molar-refractivity contribution in [2.45, 2.75) is 46.1 Å². The van der Waals surface area contributed by atoms with Gasteiger partial charge in [0.1, 0.15) is 23.2 Å². The number of aliphatic carboxylic acids is 1. The second-order valence-corrected chi connectivity index (χ2v) is 12.0. The van der Waals surface area contributed by atoms with Crippen LogP contribution >= 0.6 is 0 Å². The van der Waals surface area contributed by atoms with E-state index in [0.29, 0.717) is 23.4 Å². The average molecular weight is 517 g/mol. The summed E-state index contributed by atoms with van der Waals surface area (Å²) in [4.78, 5) is 30.7. The smallest absolute Gasteiger partial charge is 0.341 e. The van der Waals surface area contributed by atoms with Crippen molar-refractivity contribution >= 4 is 33.1 Å². The van der Waals surface area contributed by atoms with Crippen LogP contribution in [0.5, 0.6) is 5.75 Å². The molecule has 1 aliphatic rings. The summed E-state index contributed by atoms with van der Waals surface area (Å²) in [5.74, 6) is -1.52. The fourth-order valence-corrected chi connectivity index (χ4v) is 4.29. The Morgan fingerprint density at radius 2 is 1.94 bits per heavy atom. The molecule has 3 N–H and O–H groups in total. The van der Waals surface area contributed by atoms with E-state index in [4.69, 9.17) is 15.3 Å². The number of benzene rings is 1. The number of pyridine rings is 1. The van der Waals surface area contributed by atoms with Crippen molar-refractivity contribution < 1.29 is 27.9 Å². The molecule has 1 aliphatic heterocycles. The number of amidine groups is 1. The molecule has 0 amide bonds. The Morgan fingerprint density at radius 1 is 1.25 bits per heavy atom. The first kappa shape index (κ1) is 27.1. The number of anilines is 1. The summed E-state index contributed by atoms with van der Waals surface area (Å²) in [7, 11) is -3.43. The molecular formula is C25H32N4O6S. The van der Waals surface area contributed by atoms with Crippen molar-refractivity contribution in [1.82, 2.24) is 9.88 Å². The van der Waals surface area contributed by atoms with Crippen LogP contribution in [0.25, 0.3) is 0 Å². The maximum atomic E-state index is 13.4. The number of hydrogen-bond acceptors (Lipinski definition) is 8. The van der Waals surface area contributed by atoms with Crippen LogP contribution in [0, 0.1) is 5.41 Å². The van der Waals surface area contributed by atoms with Crippen LogP contribution in [0.15, 0.2) is 24.3 Å². The Labute approximate surface area is 211 Å². The standard InChI is InChI=1S/C25H32N4O6S/c1-6-17-8-7-15-11-29(24(26)22(15)28-17)12-20(30)16-9-18(25(2,3)4)23(35-13-21(31)32)19(10-16)27-14-36(5,33)34/h7-10,26-27H,6,11-14H2,1-5H3,(H,31,32). The lowest BCUT2D eigenvalue weighted by atomic mass is 9.84. The molecule has 0 spiro atoms. The zero-order valence-corrected chi connectivity index (χ0v) is 22.0. The van der Waals surface area contributed by atoms with Gasteiger partial charge in [-0.3, -0.25) is 10.2 Å². The third-order valence-electron chi connectivity index (χ3n) is 5.72. The molecule has 0 aliphatic carbocycles. The number of fused-ring (bicyclic) bond motifs is 1. The highest BCUT2D eigenvalue weighted by molar-refractivity contribution is 7.90. The molecule has 2 aromatic rings. The quantitative estimate of drug-likeness (QED) is 0.405. The average Bonchev–Trinajstić information content (AvgIpc) is 3.09. The molecule has 3 rings (SSSR count). The topological polar surface area (TPSA) is 150 Å². The monoisotopic (exact) mass is 516 g/mol. The van der Waals surface area contributed by atoms with Gasteiger partial charge in [-0.2, -0.15) is 0 Å². The van der Waals surface area contributed by atoms with Gasteiger partial charge in [0.05, 0.1) is 12.2 Å². The number of ketones is 1. The number of carboxylic acids is 1. The predicted molar refractivity (Wildman–Crippen MR) is 137 cm³/mol. The minimum absolute atomic E-state index is 0.0684. The second kappa shape index (κ2) is 10.3. The lowest BCUT2D eigenvalue weighted by molar-refractivity contribution is -0.139. The summed E-state index contributed by atoms with van der Waals surface area (Å²) < 4.78 is 29.2. The van der Waals surface area contributed by atoms with Gasteiger partial charge in [-0.15, -0.1) is 0 Å². The SMILES string of the molecule is CCc1ccc2c(n1)C(=N)N(CC(=O)c1cc(NCS(C)(=O)=O)c(OCC(=O)O)c(C(C)(C)C)c1)C2. The molecule has 2 heterocycles. The molecule has 0 atom stereocenters. The zero-order valence-electron chi connectivity index (χ0n) is 21.1. The molecule has 36 heavy (non-hydrogen) atoms. The summed E-state index contributed by atoms with van der Waals surface area (Å²) in [6, 6.07) is 6.97. The molecule has 10 nitrogen and oxygen atoms in total. The molecular weight excluding hydrogens is 484 g/mol. The molecule has 0 radical (unpaired) electrons. The first-order valence-corrected chi connectivity index (χ1v) is 13.6. The second-order valence-electron chi connectivity index (χ2n) is 9.87. The van der Waals surface area contributed by atoms with E-state index in [-0.39, 0.29) is 29.6 Å². The van der Waals surface area contributed by atoms with Gasteiger partial charge in [0.2, 0.25) is 0 Å². The minimum atomic E-state index is -3.43. The Hall–Kier alpha value is -3.47. The van der Waals surface area contributed by atoms with Crippen molar-refractivity contribution in [3.05, 3.63) is 52.3 Å². The van der Waals surface area contributed by atoms with Crippen LogP contribution in [-0.4, -0.2) is 66.3 Å². The van der Waals surface area contributed by atoms with Gasteiger partial charge in [-0.1, -0.05) is 33.8 Å². The third-order valence-corrected chi connectivity index (χ3v) is 6.39. The van der Waals surface area contributed by atoms with Crippen molar-refractivity contribution in [2.75, 3.05) is 30.6 Å². The summed E-state index contributed by atoms with van der Waals surface area (Å²) in [5.41, 5.74) is 2.84. The molecule has 0 bridgehead atoms. The first-order chi connectivity index (χ1) is 16.7. The number of ether oxygens (including phenoxy) is 1. The number of carboxylic acid groups (broad SMARTS) is 1. The zero-order chi connectivity index (χ0) is 26.8. The normalized spacial score (nSPS) is 13.5. The Bertz CT molecular complexity index is 1310. The maximum absolute atomic E-state index is 13.4. The van der Waals surface area contributed by atoms with Crippen molar-refractivity contribution in [3.8, 4) is 5.75 Å². The lowest BCUT2D eigenvalue weighted by Crippen LogP contribution is -2.31. The molecule has 0 saturated carbocycles. The van der Waals surface area contributed by atoms with E-state index >= 15 is 0 Å². The van der Waals surface area contributed by atoms with Crippen LogP contribution < -0.4 is 10.1 Å². The number of aryl methyl sites for hydroxylation is 1. The Morgan fingerprint density at radius 3 is 2.53 bits per heavy atom. The number of nitrogens with one attached hydrogen (secondary N) is 2. The number of Topliss-reactive ketones (excluding diaryl/α,β-unsaturated/α-hetero) is 1. The largest absolute Gasteiger partial charge is 0.479 e. The van der Waals surface area contributed by atoms with E-state index in [0.717, 1.165) is 23.9 Å². The van der Waals surface area contributed by atoms with Crippen LogP contribution in [0.1, 0.15) is 60.6 Å². The van der Waals surface area contributed by atoms with Gasteiger partial charge >= 0.3 is 5.97 Å². The van der Waals surface area contributed by atoms with Gasteiger partial charge in [0.15, 0.2) is 22.2 Å². The van der Waals surface area contributed by atoms with Crippen LogP contribution in [0.3, 0.4) is 0 Å². The molecule has 194 valence electrons. The number of carbonyl (C=O) groups excluding carboxylic acids is 1. The predicted octanol–water partition coefficient (Wildman–Crippen LogP) is 2.84. The summed E-state index contributed by atoms with van der Waals surface area (Å²) >= 11 is 0. The fraction of sp³-hybridized carbons (Fsp3) is 0.440. The highest BCUT2D eigenvalue weighted by Gasteiger charge is 2.30. The Kier molecular flexibility index (Phi) is 7.73. The van der Waals surface area contributed by atoms with Gasteiger partial charge < -0.3 is 20.1 Å². The van der Waals surface area contributed by atoms with Crippen LogP contribution in [0.4, 0.5) is 5.69 Å². The Balaban J connectivity index is 1.97. The van der Waals surface area contributed by atoms with E-state index in [1.165, 1.54) is 6.07 Å². The van der Waals surface area contributed by atoms with Crippen LogP contribution in [0.2, 0.25) is 0 Å². The number of rotatable bonds is 10. The number of sulfone groups is 1. The number of aromatic nitrogens is 1. The summed E-state index contributed by atoms with van der Waals surface area (Å²) in [5, 5.41) is 20.4. The van der Waals surface area contributed by atoms with Gasteiger partial charge in [-0.25, -0.2) is 18.2 Å². The van der Waals surface area contributed by atoms with Crippen molar-refractivity contribution in [1.29, 1.82) is 5.41 Å². The summed E-state index contributed by atoms with van der Waals surface area (Å²) in [6.45, 7) is 7.33.